The SMILES string of the molecule is CCCNC(=O)CN1CCC(NC(=NC)NCc2ccc(Br)cc2F)CC1.I. The molecule has 6 nitrogen and oxygen atoms in total. The number of nitrogens with zero attached hydrogens (tertiary/aromatic N) is 2. The Bertz CT molecular complexity index is 653. The summed E-state index contributed by atoms with van der Waals surface area (Å²) in [6, 6.07) is 5.32. The zero-order valence-corrected chi connectivity index (χ0v) is 20.3. The van der Waals surface area contributed by atoms with Crippen molar-refractivity contribution in [1.82, 2.24) is 20.9 Å². The Morgan fingerprint density at radius 1 is 1.32 bits per heavy atom. The molecule has 1 saturated heterocycles. The van der Waals surface area contributed by atoms with Gasteiger partial charge in [0, 0.05) is 49.3 Å². The molecule has 1 amide bonds. The van der Waals surface area contributed by atoms with Gasteiger partial charge in [-0.05, 0) is 31.4 Å². The fraction of sp³-hybridized carbons (Fsp3) is 0.579. The van der Waals surface area contributed by atoms with Crippen molar-refractivity contribution in [2.45, 2.75) is 38.8 Å². The molecule has 0 aromatic heterocycles. The number of hydrogen-bond acceptors (Lipinski definition) is 3. The zero-order chi connectivity index (χ0) is 19.6. The number of nitrogens with one attached hydrogen (secondary N) is 3. The lowest BCUT2D eigenvalue weighted by Crippen LogP contribution is -2.50. The highest BCUT2D eigenvalue weighted by molar-refractivity contribution is 14.0. The molecule has 158 valence electrons. The third-order valence-corrected chi connectivity index (χ3v) is 5.05. The van der Waals surface area contributed by atoms with Gasteiger partial charge in [0.2, 0.25) is 5.91 Å². The van der Waals surface area contributed by atoms with Gasteiger partial charge in [-0.25, -0.2) is 4.39 Å². The predicted octanol–water partition coefficient (Wildman–Crippen LogP) is 2.86. The minimum atomic E-state index is -0.248. The molecule has 9 heteroatoms. The molecule has 1 aliphatic rings. The van der Waals surface area contributed by atoms with E-state index in [0.29, 0.717) is 30.7 Å². The van der Waals surface area contributed by atoms with Gasteiger partial charge < -0.3 is 16.0 Å². The molecular formula is C19H30BrFIN5O. The standard InChI is InChI=1S/C19H29BrFN5O.HI/c1-3-8-23-18(27)13-26-9-6-16(7-10-26)25-19(22-2)24-12-14-4-5-15(20)11-17(14)21;/h4-5,11,16H,3,6-10,12-13H2,1-2H3,(H,23,27)(H2,22,24,25);1H. The number of carbonyl (C=O) groups is 1. The average Bonchev–Trinajstić information content (AvgIpc) is 2.66. The van der Waals surface area contributed by atoms with Crippen LogP contribution in [-0.4, -0.2) is 56.0 Å². The molecule has 0 saturated carbocycles. The predicted molar refractivity (Wildman–Crippen MR) is 126 cm³/mol. The third kappa shape index (κ3) is 8.60. The van der Waals surface area contributed by atoms with Crippen molar-refractivity contribution in [3.05, 3.63) is 34.1 Å². The summed E-state index contributed by atoms with van der Waals surface area (Å²) in [5.74, 6) is 0.510. The van der Waals surface area contributed by atoms with Crippen LogP contribution in [0.1, 0.15) is 31.7 Å². The summed E-state index contributed by atoms with van der Waals surface area (Å²) in [7, 11) is 1.71. The monoisotopic (exact) mass is 569 g/mol. The Kier molecular flexibility index (Phi) is 11.9. The van der Waals surface area contributed by atoms with Crippen LogP contribution in [0.25, 0.3) is 0 Å². The normalized spacial score (nSPS) is 15.6. The summed E-state index contributed by atoms with van der Waals surface area (Å²) in [5, 5.41) is 9.47. The second-order valence-corrected chi connectivity index (χ2v) is 7.62. The van der Waals surface area contributed by atoms with E-state index in [-0.39, 0.29) is 35.7 Å². The highest BCUT2D eigenvalue weighted by atomic mass is 127. The molecule has 0 radical (unpaired) electrons. The van der Waals surface area contributed by atoms with Crippen LogP contribution in [0.3, 0.4) is 0 Å². The lowest BCUT2D eigenvalue weighted by atomic mass is 10.1. The molecule has 0 aliphatic carbocycles. The molecular weight excluding hydrogens is 540 g/mol. The van der Waals surface area contributed by atoms with Gasteiger partial charge >= 0.3 is 0 Å². The smallest absolute Gasteiger partial charge is 0.234 e. The summed E-state index contributed by atoms with van der Waals surface area (Å²) in [4.78, 5) is 18.2. The van der Waals surface area contributed by atoms with Gasteiger partial charge in [-0.15, -0.1) is 24.0 Å². The molecule has 1 aromatic carbocycles. The van der Waals surface area contributed by atoms with E-state index < -0.39 is 0 Å². The van der Waals surface area contributed by atoms with Crippen molar-refractivity contribution in [2.75, 3.05) is 33.2 Å². The molecule has 0 unspecified atom stereocenters. The van der Waals surface area contributed by atoms with Gasteiger partial charge in [-0.1, -0.05) is 28.9 Å². The Balaban J connectivity index is 0.00000392. The Morgan fingerprint density at radius 3 is 2.64 bits per heavy atom. The second-order valence-electron chi connectivity index (χ2n) is 6.71. The quantitative estimate of drug-likeness (QED) is 0.268. The van der Waals surface area contributed by atoms with Gasteiger partial charge in [0.1, 0.15) is 5.82 Å². The minimum absolute atomic E-state index is 0. The van der Waals surface area contributed by atoms with Crippen molar-refractivity contribution < 1.29 is 9.18 Å². The minimum Gasteiger partial charge on any atom is -0.355 e. The first-order valence-electron chi connectivity index (χ1n) is 9.42. The van der Waals surface area contributed by atoms with Crippen LogP contribution < -0.4 is 16.0 Å². The molecule has 1 heterocycles. The molecule has 0 spiro atoms. The molecule has 28 heavy (non-hydrogen) atoms. The Hall–Kier alpha value is -0.940. The van der Waals surface area contributed by atoms with E-state index in [1.54, 1.807) is 13.1 Å². The van der Waals surface area contributed by atoms with Crippen molar-refractivity contribution >= 4 is 51.8 Å². The van der Waals surface area contributed by atoms with Crippen LogP contribution in [0.5, 0.6) is 0 Å². The number of halogens is 3. The summed E-state index contributed by atoms with van der Waals surface area (Å²) >= 11 is 3.26. The number of amides is 1. The first-order chi connectivity index (χ1) is 13.0. The number of rotatable bonds is 7. The molecule has 1 aliphatic heterocycles. The summed E-state index contributed by atoms with van der Waals surface area (Å²) in [6.45, 7) is 5.35. The number of guanidine groups is 1. The van der Waals surface area contributed by atoms with Gasteiger partial charge in [-0.2, -0.15) is 0 Å². The Labute approximate surface area is 192 Å². The van der Waals surface area contributed by atoms with Gasteiger partial charge in [0.05, 0.1) is 6.54 Å². The van der Waals surface area contributed by atoms with Crippen LogP contribution in [-0.2, 0) is 11.3 Å². The largest absolute Gasteiger partial charge is 0.355 e. The second kappa shape index (κ2) is 13.3. The summed E-state index contributed by atoms with van der Waals surface area (Å²) in [5.41, 5.74) is 0.592. The van der Waals surface area contributed by atoms with Crippen molar-refractivity contribution in [3.8, 4) is 0 Å². The molecule has 3 N–H and O–H groups in total. The van der Waals surface area contributed by atoms with Crippen LogP contribution in [0.2, 0.25) is 0 Å². The first kappa shape index (κ1) is 25.1. The number of piperidine rings is 1. The summed E-state index contributed by atoms with van der Waals surface area (Å²) in [6.07, 6.45) is 2.83. The van der Waals surface area contributed by atoms with E-state index in [0.717, 1.165) is 43.4 Å². The third-order valence-electron chi connectivity index (χ3n) is 4.55. The topological polar surface area (TPSA) is 68.8 Å². The van der Waals surface area contributed by atoms with Crippen LogP contribution in [0.4, 0.5) is 4.39 Å². The lowest BCUT2D eigenvalue weighted by molar-refractivity contribution is -0.122. The highest BCUT2D eigenvalue weighted by Gasteiger charge is 2.21. The number of likely N-dealkylation sites (tertiary alicyclic amines) is 1. The maximum Gasteiger partial charge on any atom is 0.234 e. The number of aliphatic imine (C=N–C) groups is 1. The maximum atomic E-state index is 13.9. The van der Waals surface area contributed by atoms with Crippen molar-refractivity contribution in [2.24, 2.45) is 4.99 Å². The maximum absolute atomic E-state index is 13.9. The highest BCUT2D eigenvalue weighted by Crippen LogP contribution is 2.15. The van der Waals surface area contributed by atoms with Gasteiger partial charge in [-0.3, -0.25) is 14.7 Å². The molecule has 0 bridgehead atoms. The van der Waals surface area contributed by atoms with Crippen LogP contribution in [0.15, 0.2) is 27.7 Å². The van der Waals surface area contributed by atoms with Crippen molar-refractivity contribution in [1.29, 1.82) is 0 Å². The van der Waals surface area contributed by atoms with Crippen LogP contribution >= 0.6 is 39.9 Å². The first-order valence-corrected chi connectivity index (χ1v) is 10.2. The van der Waals surface area contributed by atoms with E-state index in [1.807, 2.05) is 13.0 Å². The average molecular weight is 570 g/mol. The number of carbonyl (C=O) groups excluding carboxylic acids is 1. The van der Waals surface area contributed by atoms with Crippen molar-refractivity contribution in [3.63, 3.8) is 0 Å². The number of benzene rings is 1. The van der Waals surface area contributed by atoms with E-state index in [9.17, 15) is 9.18 Å². The molecule has 0 atom stereocenters. The van der Waals surface area contributed by atoms with Gasteiger partial charge in [0.15, 0.2) is 5.96 Å². The van der Waals surface area contributed by atoms with E-state index in [4.69, 9.17) is 0 Å². The fourth-order valence-corrected chi connectivity index (χ4v) is 3.32. The summed E-state index contributed by atoms with van der Waals surface area (Å²) < 4.78 is 14.6. The Morgan fingerprint density at radius 2 is 2.04 bits per heavy atom. The van der Waals surface area contributed by atoms with E-state index in [1.165, 1.54) is 6.07 Å². The van der Waals surface area contributed by atoms with Gasteiger partial charge in [0.25, 0.3) is 0 Å². The number of hydrogen-bond donors (Lipinski definition) is 3. The lowest BCUT2D eigenvalue weighted by Gasteiger charge is -2.32. The molecule has 1 fully saturated rings. The molecule has 2 rings (SSSR count). The van der Waals surface area contributed by atoms with E-state index >= 15 is 0 Å². The zero-order valence-electron chi connectivity index (χ0n) is 16.4. The van der Waals surface area contributed by atoms with E-state index in [2.05, 4.69) is 41.8 Å². The fourth-order valence-electron chi connectivity index (χ4n) is 2.99. The van der Waals surface area contributed by atoms with Crippen LogP contribution in [0, 0.1) is 5.82 Å². The molecule has 1 aromatic rings.